The first-order valence-electron chi connectivity index (χ1n) is 7.78. The Hall–Kier alpha value is -1.59. The molecule has 1 fully saturated rings. The normalized spacial score (nSPS) is 17.8. The van der Waals surface area contributed by atoms with Gasteiger partial charge in [0, 0.05) is 23.9 Å². The molecule has 0 aliphatic carbocycles. The third-order valence-corrected chi connectivity index (χ3v) is 4.33. The zero-order valence-electron chi connectivity index (χ0n) is 13.7. The molecule has 126 valence electrons. The third kappa shape index (κ3) is 4.45. The first-order valence-corrected chi connectivity index (χ1v) is 8.16. The van der Waals surface area contributed by atoms with E-state index in [2.05, 4.69) is 10.6 Å². The van der Waals surface area contributed by atoms with E-state index in [1.165, 1.54) is 0 Å². The van der Waals surface area contributed by atoms with Crippen LogP contribution in [0.5, 0.6) is 0 Å². The van der Waals surface area contributed by atoms with Crippen LogP contribution in [0.3, 0.4) is 0 Å². The molecule has 1 saturated heterocycles. The second kappa shape index (κ2) is 7.32. The Morgan fingerprint density at radius 2 is 2.09 bits per heavy atom. The van der Waals surface area contributed by atoms with Crippen LogP contribution in [-0.4, -0.2) is 31.1 Å². The molecule has 1 aromatic carbocycles. The number of rotatable bonds is 5. The van der Waals surface area contributed by atoms with Gasteiger partial charge in [-0.2, -0.15) is 0 Å². The van der Waals surface area contributed by atoms with Crippen LogP contribution in [-0.2, 0) is 14.3 Å². The first kappa shape index (κ1) is 17.8. The summed E-state index contributed by atoms with van der Waals surface area (Å²) in [5, 5.41) is 6.13. The zero-order valence-corrected chi connectivity index (χ0v) is 14.5. The quantitative estimate of drug-likeness (QED) is 0.811. The molecule has 1 atom stereocenters. The van der Waals surface area contributed by atoms with E-state index in [1.807, 2.05) is 13.0 Å². The van der Waals surface area contributed by atoms with E-state index in [1.54, 1.807) is 26.0 Å². The molecular weight excluding hydrogens is 316 g/mol. The molecule has 1 heterocycles. The van der Waals surface area contributed by atoms with Gasteiger partial charge >= 0.3 is 0 Å². The van der Waals surface area contributed by atoms with Gasteiger partial charge in [-0.25, -0.2) is 0 Å². The molecule has 0 radical (unpaired) electrons. The van der Waals surface area contributed by atoms with Gasteiger partial charge < -0.3 is 15.4 Å². The van der Waals surface area contributed by atoms with Crippen molar-refractivity contribution in [2.24, 2.45) is 5.41 Å². The highest BCUT2D eigenvalue weighted by Crippen LogP contribution is 2.24. The lowest BCUT2D eigenvalue weighted by Crippen LogP contribution is -2.47. The second-order valence-electron chi connectivity index (χ2n) is 6.38. The molecule has 6 heteroatoms. The lowest BCUT2D eigenvalue weighted by atomic mass is 9.90. The molecule has 1 aromatic rings. The Balaban J connectivity index is 1.97. The maximum Gasteiger partial charge on any atom is 0.239 e. The number of hydrogen-bond donors (Lipinski definition) is 2. The molecule has 2 rings (SSSR count). The Morgan fingerprint density at radius 3 is 2.74 bits per heavy atom. The highest BCUT2D eigenvalue weighted by atomic mass is 35.5. The molecule has 0 bridgehead atoms. The number of nitrogens with one attached hydrogen (secondary N) is 2. The van der Waals surface area contributed by atoms with Gasteiger partial charge in [-0.05, 0) is 51.3 Å². The summed E-state index contributed by atoms with van der Waals surface area (Å²) < 4.78 is 5.47. The number of anilines is 1. The SMILES string of the molecule is Cc1ccc(Cl)cc1NC(=O)C(C)(C)C(=O)NCC1CCCO1. The first-order chi connectivity index (χ1) is 10.8. The van der Waals surface area contributed by atoms with Gasteiger partial charge in [0.2, 0.25) is 11.8 Å². The maximum atomic E-state index is 12.5. The van der Waals surface area contributed by atoms with Gasteiger partial charge in [-0.15, -0.1) is 0 Å². The molecule has 1 unspecified atom stereocenters. The van der Waals surface area contributed by atoms with Crippen molar-refractivity contribution in [2.75, 3.05) is 18.5 Å². The van der Waals surface area contributed by atoms with Crippen molar-refractivity contribution in [3.63, 3.8) is 0 Å². The number of aryl methyl sites for hydroxylation is 1. The van der Waals surface area contributed by atoms with Crippen molar-refractivity contribution < 1.29 is 14.3 Å². The van der Waals surface area contributed by atoms with Crippen LogP contribution in [0.1, 0.15) is 32.3 Å². The van der Waals surface area contributed by atoms with Crippen LogP contribution in [0.4, 0.5) is 5.69 Å². The summed E-state index contributed by atoms with van der Waals surface area (Å²) in [6, 6.07) is 5.25. The fourth-order valence-electron chi connectivity index (χ4n) is 2.34. The monoisotopic (exact) mass is 338 g/mol. The number of carbonyl (C=O) groups excluding carboxylic acids is 2. The van der Waals surface area contributed by atoms with Crippen LogP contribution in [0, 0.1) is 12.3 Å². The smallest absolute Gasteiger partial charge is 0.239 e. The van der Waals surface area contributed by atoms with Crippen LogP contribution in [0.15, 0.2) is 18.2 Å². The fourth-order valence-corrected chi connectivity index (χ4v) is 2.52. The second-order valence-corrected chi connectivity index (χ2v) is 6.82. The summed E-state index contributed by atoms with van der Waals surface area (Å²) in [7, 11) is 0. The summed E-state index contributed by atoms with van der Waals surface area (Å²) >= 11 is 5.96. The Labute approximate surface area is 141 Å². The largest absolute Gasteiger partial charge is 0.376 e. The van der Waals surface area contributed by atoms with E-state index in [4.69, 9.17) is 16.3 Å². The predicted octanol–water partition coefficient (Wildman–Crippen LogP) is 2.91. The van der Waals surface area contributed by atoms with Crippen molar-refractivity contribution in [1.82, 2.24) is 5.32 Å². The molecule has 0 spiro atoms. The summed E-state index contributed by atoms with van der Waals surface area (Å²) in [5.74, 6) is -0.683. The number of hydrogen-bond acceptors (Lipinski definition) is 3. The van der Waals surface area contributed by atoms with Gasteiger partial charge in [-0.1, -0.05) is 17.7 Å². The van der Waals surface area contributed by atoms with E-state index in [-0.39, 0.29) is 17.9 Å². The molecule has 5 nitrogen and oxygen atoms in total. The molecule has 2 amide bonds. The topological polar surface area (TPSA) is 67.4 Å². The van der Waals surface area contributed by atoms with Crippen molar-refractivity contribution in [1.29, 1.82) is 0 Å². The van der Waals surface area contributed by atoms with Crippen LogP contribution >= 0.6 is 11.6 Å². The van der Waals surface area contributed by atoms with Gasteiger partial charge in [0.05, 0.1) is 6.10 Å². The third-order valence-electron chi connectivity index (χ3n) is 4.10. The number of carbonyl (C=O) groups is 2. The van der Waals surface area contributed by atoms with Crippen LogP contribution in [0.25, 0.3) is 0 Å². The van der Waals surface area contributed by atoms with Crippen LogP contribution in [0.2, 0.25) is 5.02 Å². The lowest BCUT2D eigenvalue weighted by molar-refractivity contribution is -0.138. The average molecular weight is 339 g/mol. The molecule has 23 heavy (non-hydrogen) atoms. The van der Waals surface area contributed by atoms with Gasteiger partial charge in [0.15, 0.2) is 0 Å². The highest BCUT2D eigenvalue weighted by Gasteiger charge is 2.36. The van der Waals surface area contributed by atoms with E-state index in [0.717, 1.165) is 25.0 Å². The van der Waals surface area contributed by atoms with E-state index in [9.17, 15) is 9.59 Å². The summed E-state index contributed by atoms with van der Waals surface area (Å²) in [6.07, 6.45) is 2.00. The van der Waals surface area contributed by atoms with Gasteiger partial charge in [0.25, 0.3) is 0 Å². The summed E-state index contributed by atoms with van der Waals surface area (Å²) in [4.78, 5) is 24.8. The Kier molecular flexibility index (Phi) is 5.65. The summed E-state index contributed by atoms with van der Waals surface area (Å²) in [6.45, 7) is 6.25. The predicted molar refractivity (Wildman–Crippen MR) is 90.6 cm³/mol. The van der Waals surface area contributed by atoms with Crippen molar-refractivity contribution in [3.8, 4) is 0 Å². The molecule has 0 aromatic heterocycles. The van der Waals surface area contributed by atoms with Crippen molar-refractivity contribution >= 4 is 29.1 Å². The van der Waals surface area contributed by atoms with Gasteiger partial charge in [0.1, 0.15) is 5.41 Å². The molecule has 2 N–H and O–H groups in total. The molecular formula is C17H23ClN2O3. The average Bonchev–Trinajstić information content (AvgIpc) is 3.01. The number of amides is 2. The number of ether oxygens (including phenoxy) is 1. The lowest BCUT2D eigenvalue weighted by Gasteiger charge is -2.24. The zero-order chi connectivity index (χ0) is 17.0. The minimum Gasteiger partial charge on any atom is -0.376 e. The van der Waals surface area contributed by atoms with E-state index in [0.29, 0.717) is 17.3 Å². The fraction of sp³-hybridized carbons (Fsp3) is 0.529. The molecule has 1 aliphatic rings. The Morgan fingerprint density at radius 1 is 1.35 bits per heavy atom. The number of halogens is 1. The molecule has 0 saturated carbocycles. The standard InChI is InChI=1S/C17H23ClN2O3/c1-11-6-7-12(18)9-14(11)20-16(22)17(2,3)15(21)19-10-13-5-4-8-23-13/h6-7,9,13H,4-5,8,10H2,1-3H3,(H,19,21)(H,20,22). The van der Waals surface area contributed by atoms with E-state index < -0.39 is 5.41 Å². The number of benzene rings is 1. The van der Waals surface area contributed by atoms with Crippen LogP contribution < -0.4 is 10.6 Å². The minimum absolute atomic E-state index is 0.0491. The van der Waals surface area contributed by atoms with E-state index >= 15 is 0 Å². The van der Waals surface area contributed by atoms with Gasteiger partial charge in [-0.3, -0.25) is 9.59 Å². The van der Waals surface area contributed by atoms with Crippen molar-refractivity contribution in [2.45, 2.75) is 39.7 Å². The Bertz CT molecular complexity index is 596. The van der Waals surface area contributed by atoms with Crippen molar-refractivity contribution in [3.05, 3.63) is 28.8 Å². The highest BCUT2D eigenvalue weighted by molar-refractivity contribution is 6.31. The summed E-state index contributed by atoms with van der Waals surface area (Å²) in [5.41, 5.74) is 0.314. The molecule has 1 aliphatic heterocycles. The maximum absolute atomic E-state index is 12.5. The minimum atomic E-state index is -1.19.